The molecule has 1 heterocycles. The van der Waals surface area contributed by atoms with Crippen LogP contribution in [0.4, 0.5) is 0 Å². The van der Waals surface area contributed by atoms with Gasteiger partial charge in [0.1, 0.15) is 0 Å². The second-order valence-electron chi connectivity index (χ2n) is 6.69. The molecule has 0 saturated carbocycles. The lowest BCUT2D eigenvalue weighted by Gasteiger charge is -2.46. The largest absolute Gasteiger partial charge is 0.205 e. The van der Waals surface area contributed by atoms with Crippen LogP contribution in [0, 0.1) is 11.5 Å². The molecule has 3 aromatic rings. The molecule has 1 aliphatic rings. The monoisotopic (exact) mass is 368 g/mol. The predicted octanol–water partition coefficient (Wildman–Crippen LogP) is 5.45. The third-order valence-electron chi connectivity index (χ3n) is 5.25. The van der Waals surface area contributed by atoms with Crippen LogP contribution in [0.5, 0.6) is 0 Å². The van der Waals surface area contributed by atoms with E-state index in [1.807, 2.05) is 0 Å². The SMILES string of the molecule is N#CN=C1CCCP(c2ccccc2)C1(c1ccccc1)c1ccccc1. The van der Waals surface area contributed by atoms with Gasteiger partial charge in [-0.15, -0.1) is 0 Å². The molecule has 1 atom stereocenters. The van der Waals surface area contributed by atoms with E-state index in [1.165, 1.54) is 16.4 Å². The lowest BCUT2D eigenvalue weighted by atomic mass is 9.83. The second-order valence-corrected chi connectivity index (χ2v) is 9.18. The van der Waals surface area contributed by atoms with E-state index < -0.39 is 7.92 Å². The van der Waals surface area contributed by atoms with Crippen molar-refractivity contribution in [2.75, 3.05) is 6.16 Å². The molecule has 1 saturated heterocycles. The van der Waals surface area contributed by atoms with E-state index in [1.54, 1.807) is 0 Å². The van der Waals surface area contributed by atoms with E-state index >= 15 is 0 Å². The van der Waals surface area contributed by atoms with Gasteiger partial charge < -0.3 is 0 Å². The van der Waals surface area contributed by atoms with Crippen LogP contribution in [0.15, 0.2) is 96.0 Å². The van der Waals surface area contributed by atoms with Crippen LogP contribution in [0.2, 0.25) is 0 Å². The van der Waals surface area contributed by atoms with Gasteiger partial charge in [0.15, 0.2) is 0 Å². The van der Waals surface area contributed by atoms with Crippen molar-refractivity contribution in [1.82, 2.24) is 0 Å². The number of aliphatic imine (C=N–C) groups is 1. The van der Waals surface area contributed by atoms with Crippen LogP contribution in [-0.4, -0.2) is 11.9 Å². The normalized spacial score (nSPS) is 20.1. The predicted molar refractivity (Wildman–Crippen MR) is 114 cm³/mol. The molecule has 4 rings (SSSR count). The topological polar surface area (TPSA) is 36.1 Å². The maximum Gasteiger partial charge on any atom is 0.205 e. The number of rotatable bonds is 3. The molecular formula is C24H21N2P. The van der Waals surface area contributed by atoms with Gasteiger partial charge in [-0.3, -0.25) is 0 Å². The van der Waals surface area contributed by atoms with E-state index in [0.717, 1.165) is 24.7 Å². The van der Waals surface area contributed by atoms with Gasteiger partial charge in [0.2, 0.25) is 6.19 Å². The van der Waals surface area contributed by atoms with Crippen molar-refractivity contribution in [3.63, 3.8) is 0 Å². The maximum atomic E-state index is 9.47. The number of hydrogen-bond donors (Lipinski definition) is 0. The van der Waals surface area contributed by atoms with E-state index in [2.05, 4.69) is 102 Å². The van der Waals surface area contributed by atoms with Crippen LogP contribution in [-0.2, 0) is 5.16 Å². The summed E-state index contributed by atoms with van der Waals surface area (Å²) in [7, 11) is -0.600. The number of benzene rings is 3. The Hall–Kier alpha value is -2.75. The standard InChI is InChI=1S/C24H21N2P/c25-19-26-23-17-10-18-27(22-15-8-3-9-16-22)24(23,20-11-4-1-5-12-20)21-13-6-2-7-14-21/h1-9,11-16H,10,17-18H2. The Bertz CT molecular complexity index is 920. The van der Waals surface area contributed by atoms with Gasteiger partial charge in [0, 0.05) is 0 Å². The first kappa shape index (κ1) is 17.7. The third-order valence-corrected chi connectivity index (χ3v) is 8.52. The zero-order valence-electron chi connectivity index (χ0n) is 15.1. The smallest absolute Gasteiger partial charge is 0.181 e. The van der Waals surface area contributed by atoms with E-state index in [0.29, 0.717) is 0 Å². The molecule has 3 heteroatoms. The highest BCUT2D eigenvalue weighted by molar-refractivity contribution is 7.68. The third kappa shape index (κ3) is 3.09. The Kier molecular flexibility index (Phi) is 5.14. The van der Waals surface area contributed by atoms with E-state index in [9.17, 15) is 5.26 Å². The van der Waals surface area contributed by atoms with Gasteiger partial charge in [0.25, 0.3) is 0 Å². The molecule has 1 fully saturated rings. The van der Waals surface area contributed by atoms with Crippen molar-refractivity contribution in [3.05, 3.63) is 102 Å². The fourth-order valence-electron chi connectivity index (χ4n) is 4.21. The molecule has 27 heavy (non-hydrogen) atoms. The quantitative estimate of drug-likeness (QED) is 0.447. The van der Waals surface area contributed by atoms with Gasteiger partial charge >= 0.3 is 0 Å². The molecular weight excluding hydrogens is 347 g/mol. The van der Waals surface area contributed by atoms with Gasteiger partial charge in [0.05, 0.1) is 10.9 Å². The minimum absolute atomic E-state index is 0.354. The fourth-order valence-corrected chi connectivity index (χ4v) is 7.59. The first-order chi connectivity index (χ1) is 13.4. The molecule has 2 nitrogen and oxygen atoms in total. The minimum Gasteiger partial charge on any atom is -0.181 e. The molecule has 132 valence electrons. The summed E-state index contributed by atoms with van der Waals surface area (Å²) in [5.41, 5.74) is 3.48. The van der Waals surface area contributed by atoms with Crippen LogP contribution in [0.3, 0.4) is 0 Å². The average molecular weight is 368 g/mol. The highest BCUT2D eigenvalue weighted by atomic mass is 31.1. The molecule has 0 N–H and O–H groups in total. The van der Waals surface area contributed by atoms with Crippen LogP contribution < -0.4 is 5.30 Å². The van der Waals surface area contributed by atoms with E-state index in [4.69, 9.17) is 0 Å². The molecule has 3 aromatic carbocycles. The Morgan fingerprint density at radius 3 is 1.81 bits per heavy atom. The molecule has 1 unspecified atom stereocenters. The van der Waals surface area contributed by atoms with Gasteiger partial charge in [-0.1, -0.05) is 98.9 Å². The van der Waals surface area contributed by atoms with Crippen molar-refractivity contribution < 1.29 is 0 Å². The van der Waals surface area contributed by atoms with Crippen molar-refractivity contribution in [2.45, 2.75) is 18.0 Å². The molecule has 0 amide bonds. The maximum absolute atomic E-state index is 9.47. The summed E-state index contributed by atoms with van der Waals surface area (Å²) >= 11 is 0. The first-order valence-electron chi connectivity index (χ1n) is 9.27. The van der Waals surface area contributed by atoms with Gasteiger partial charge in [-0.25, -0.2) is 0 Å². The van der Waals surface area contributed by atoms with Crippen LogP contribution >= 0.6 is 7.92 Å². The molecule has 0 bridgehead atoms. The molecule has 0 radical (unpaired) electrons. The lowest BCUT2D eigenvalue weighted by Crippen LogP contribution is -2.42. The Labute approximate surface area is 162 Å². The first-order valence-corrected chi connectivity index (χ1v) is 10.8. The summed E-state index contributed by atoms with van der Waals surface area (Å²) in [6.45, 7) is 0. The van der Waals surface area contributed by atoms with Crippen molar-refractivity contribution >= 4 is 18.9 Å². The Balaban J connectivity index is 2.06. The van der Waals surface area contributed by atoms with Gasteiger partial charge in [-0.2, -0.15) is 10.3 Å². The van der Waals surface area contributed by atoms with Gasteiger partial charge in [-0.05, 0) is 35.4 Å². The highest BCUT2D eigenvalue weighted by Gasteiger charge is 2.48. The Morgan fingerprint density at radius 2 is 1.30 bits per heavy atom. The molecule has 0 aromatic heterocycles. The minimum atomic E-state index is -0.600. The lowest BCUT2D eigenvalue weighted by molar-refractivity contribution is 0.848. The molecule has 0 spiro atoms. The summed E-state index contributed by atoms with van der Waals surface area (Å²) in [6.07, 6.45) is 5.17. The van der Waals surface area contributed by atoms with E-state index in [-0.39, 0.29) is 5.16 Å². The fraction of sp³-hybridized carbons (Fsp3) is 0.167. The zero-order chi connectivity index (χ0) is 18.5. The number of nitriles is 1. The zero-order valence-corrected chi connectivity index (χ0v) is 16.0. The highest BCUT2D eigenvalue weighted by Crippen LogP contribution is 2.63. The van der Waals surface area contributed by atoms with Crippen LogP contribution in [0.1, 0.15) is 24.0 Å². The van der Waals surface area contributed by atoms with Crippen molar-refractivity contribution in [3.8, 4) is 6.19 Å². The van der Waals surface area contributed by atoms with Crippen molar-refractivity contribution in [2.24, 2.45) is 4.99 Å². The van der Waals surface area contributed by atoms with Crippen LogP contribution in [0.25, 0.3) is 0 Å². The summed E-state index contributed by atoms with van der Waals surface area (Å²) in [6, 6.07) is 32.1. The number of nitrogens with zero attached hydrogens (tertiary/aromatic N) is 2. The number of hydrogen-bond acceptors (Lipinski definition) is 2. The van der Waals surface area contributed by atoms with Crippen molar-refractivity contribution in [1.29, 1.82) is 5.26 Å². The Morgan fingerprint density at radius 1 is 0.778 bits per heavy atom. The second kappa shape index (κ2) is 7.87. The average Bonchev–Trinajstić information content (AvgIpc) is 2.76. The summed E-state index contributed by atoms with van der Waals surface area (Å²) < 4.78 is 0. The molecule has 0 aliphatic carbocycles. The summed E-state index contributed by atoms with van der Waals surface area (Å²) in [5.74, 6) is 0. The summed E-state index contributed by atoms with van der Waals surface area (Å²) in [5, 5.41) is 10.5. The molecule has 1 aliphatic heterocycles. The summed E-state index contributed by atoms with van der Waals surface area (Å²) in [4.78, 5) is 4.40.